The molecule has 250 valence electrons. The third kappa shape index (κ3) is 15.8. The van der Waals surface area contributed by atoms with Crippen molar-refractivity contribution in [2.24, 2.45) is 16.7 Å². The van der Waals surface area contributed by atoms with Gasteiger partial charge in [0.15, 0.2) is 0 Å². The van der Waals surface area contributed by atoms with Gasteiger partial charge in [-0.25, -0.2) is 4.98 Å². The quantitative estimate of drug-likeness (QED) is 0.187. The minimum Gasteiger partial charge on any atom is -0.489 e. The first-order valence-electron chi connectivity index (χ1n) is 17.0. The monoisotopic (exact) mass is 604 g/mol. The molecule has 1 saturated carbocycles. The van der Waals surface area contributed by atoms with Gasteiger partial charge >= 0.3 is 0 Å². The second kappa shape index (κ2) is 19.0. The third-order valence-electron chi connectivity index (χ3n) is 8.27. The highest BCUT2D eigenvalue weighted by atomic mass is 16.5. The molecule has 2 rings (SSSR count). The highest BCUT2D eigenvalue weighted by Gasteiger charge is 2.34. The van der Waals surface area contributed by atoms with Gasteiger partial charge in [0, 0.05) is 25.4 Å². The molecule has 1 aliphatic carbocycles. The van der Waals surface area contributed by atoms with E-state index in [1.54, 1.807) is 13.3 Å². The van der Waals surface area contributed by atoms with Gasteiger partial charge in [0.05, 0.1) is 36.2 Å². The van der Waals surface area contributed by atoms with E-state index in [4.69, 9.17) is 18.9 Å². The Hall–Kier alpha value is -1.61. The van der Waals surface area contributed by atoms with Crippen molar-refractivity contribution >= 4 is 0 Å². The SMILES string of the molecule is CC.CC.CCC(C)(CCC(C)C(C)(C)OC(C)C)OCC(C)(C)CC(C)(C)C#Cc1ccc(OC2CC(OC)C2)cn1. The number of nitrogens with zero attached hydrogens (tertiary/aromatic N) is 1. The Bertz CT molecular complexity index is 935. The Balaban J connectivity index is 0.00000422. The highest BCUT2D eigenvalue weighted by Crippen LogP contribution is 2.37. The third-order valence-corrected chi connectivity index (χ3v) is 8.27. The molecule has 5 heteroatoms. The fourth-order valence-corrected chi connectivity index (χ4v) is 5.36. The second-order valence-electron chi connectivity index (χ2n) is 14.2. The van der Waals surface area contributed by atoms with Crippen molar-refractivity contribution in [3.8, 4) is 17.6 Å². The summed E-state index contributed by atoms with van der Waals surface area (Å²) in [5.74, 6) is 8.00. The molecule has 1 aliphatic rings. The molecule has 0 amide bonds. The van der Waals surface area contributed by atoms with Crippen LogP contribution in [-0.2, 0) is 14.2 Å². The standard InChI is InChI=1S/C34H57NO4.2C2H6/c1-13-34(11,19-16-26(4)33(9,10)39-25(2)3)37-24-32(7,8)23-31(5,6)18-17-27-14-15-28(22-35-27)38-30-20-29(21-30)36-12;2*1-2/h14-15,22,25-26,29-30H,13,16,19-21,23-24H2,1-12H3;2*1-2H3. The molecule has 0 spiro atoms. The molecule has 1 heterocycles. The predicted octanol–water partition coefficient (Wildman–Crippen LogP) is 10.3. The molecule has 2 atom stereocenters. The molecule has 43 heavy (non-hydrogen) atoms. The smallest absolute Gasteiger partial charge is 0.138 e. The maximum atomic E-state index is 6.65. The molecular weight excluding hydrogens is 534 g/mol. The lowest BCUT2D eigenvalue weighted by Gasteiger charge is -2.39. The lowest BCUT2D eigenvalue weighted by molar-refractivity contribution is -0.106. The molecule has 0 aliphatic heterocycles. The Morgan fingerprint density at radius 3 is 2.02 bits per heavy atom. The molecule has 2 unspecified atom stereocenters. The summed E-state index contributed by atoms with van der Waals surface area (Å²) in [6, 6.07) is 3.91. The van der Waals surface area contributed by atoms with E-state index in [1.165, 1.54) is 0 Å². The molecule has 1 fully saturated rings. The van der Waals surface area contributed by atoms with Crippen LogP contribution in [0.5, 0.6) is 5.75 Å². The molecule has 0 radical (unpaired) electrons. The number of aromatic nitrogens is 1. The van der Waals surface area contributed by atoms with Crippen molar-refractivity contribution in [3.63, 3.8) is 0 Å². The average molecular weight is 604 g/mol. The Kier molecular flexibility index (Phi) is 18.3. The zero-order chi connectivity index (χ0) is 33.5. The van der Waals surface area contributed by atoms with Gasteiger partial charge in [-0.2, -0.15) is 0 Å². The fraction of sp³-hybridized carbons (Fsp3) is 0.816. The van der Waals surface area contributed by atoms with Gasteiger partial charge in [0.1, 0.15) is 17.5 Å². The lowest BCUT2D eigenvalue weighted by Crippen LogP contribution is -2.38. The lowest BCUT2D eigenvalue weighted by atomic mass is 9.75. The van der Waals surface area contributed by atoms with Crippen LogP contribution < -0.4 is 4.74 Å². The van der Waals surface area contributed by atoms with Crippen molar-refractivity contribution in [1.29, 1.82) is 0 Å². The largest absolute Gasteiger partial charge is 0.489 e. The van der Waals surface area contributed by atoms with Gasteiger partial charge in [-0.05, 0) is 104 Å². The van der Waals surface area contributed by atoms with Crippen LogP contribution in [0, 0.1) is 28.6 Å². The summed E-state index contributed by atoms with van der Waals surface area (Å²) in [5, 5.41) is 0. The van der Waals surface area contributed by atoms with E-state index in [0.717, 1.165) is 50.0 Å². The highest BCUT2D eigenvalue weighted by molar-refractivity contribution is 5.32. The van der Waals surface area contributed by atoms with Crippen LogP contribution in [0.2, 0.25) is 0 Å². The van der Waals surface area contributed by atoms with E-state index in [9.17, 15) is 0 Å². The van der Waals surface area contributed by atoms with Crippen LogP contribution in [0.1, 0.15) is 148 Å². The molecule has 1 aromatic rings. The fourth-order valence-electron chi connectivity index (χ4n) is 5.36. The minimum atomic E-state index is -0.167. The van der Waals surface area contributed by atoms with E-state index >= 15 is 0 Å². The summed E-state index contributed by atoms with van der Waals surface area (Å²) in [6.07, 6.45) is 8.45. The maximum absolute atomic E-state index is 6.65. The summed E-state index contributed by atoms with van der Waals surface area (Å²) in [4.78, 5) is 4.51. The number of hydrogen-bond donors (Lipinski definition) is 0. The van der Waals surface area contributed by atoms with Gasteiger partial charge in [-0.1, -0.05) is 61.3 Å². The zero-order valence-corrected chi connectivity index (χ0v) is 31.1. The van der Waals surface area contributed by atoms with Crippen LogP contribution in [0.3, 0.4) is 0 Å². The Morgan fingerprint density at radius 1 is 0.930 bits per heavy atom. The van der Waals surface area contributed by atoms with Crippen LogP contribution in [0.25, 0.3) is 0 Å². The number of rotatable bonds is 15. The predicted molar refractivity (Wildman–Crippen MR) is 184 cm³/mol. The average Bonchev–Trinajstić information content (AvgIpc) is 2.93. The number of ether oxygens (including phenoxy) is 4. The van der Waals surface area contributed by atoms with Gasteiger partial charge in [0.2, 0.25) is 0 Å². The summed E-state index contributed by atoms with van der Waals surface area (Å²) >= 11 is 0. The van der Waals surface area contributed by atoms with E-state index in [-0.39, 0.29) is 34.2 Å². The van der Waals surface area contributed by atoms with Gasteiger partial charge in [0.25, 0.3) is 0 Å². The first-order valence-corrected chi connectivity index (χ1v) is 17.0. The normalized spacial score (nSPS) is 18.9. The van der Waals surface area contributed by atoms with Crippen molar-refractivity contribution in [3.05, 3.63) is 24.0 Å². The molecule has 0 bridgehead atoms. The number of hydrogen-bond acceptors (Lipinski definition) is 5. The summed E-state index contributed by atoms with van der Waals surface area (Å²) in [7, 11) is 1.75. The van der Waals surface area contributed by atoms with E-state index in [1.807, 2.05) is 39.8 Å². The molecule has 5 nitrogen and oxygen atoms in total. The van der Waals surface area contributed by atoms with Crippen LogP contribution in [-0.4, -0.2) is 48.2 Å². The molecule has 0 N–H and O–H groups in total. The van der Waals surface area contributed by atoms with Crippen LogP contribution in [0.15, 0.2) is 18.3 Å². The first-order chi connectivity index (χ1) is 20.0. The summed E-state index contributed by atoms with van der Waals surface area (Å²) in [6.45, 7) is 33.1. The zero-order valence-electron chi connectivity index (χ0n) is 31.1. The van der Waals surface area contributed by atoms with Crippen molar-refractivity contribution in [2.45, 2.75) is 172 Å². The van der Waals surface area contributed by atoms with Gasteiger partial charge < -0.3 is 18.9 Å². The van der Waals surface area contributed by atoms with E-state index in [0.29, 0.717) is 18.6 Å². The van der Waals surface area contributed by atoms with E-state index < -0.39 is 0 Å². The van der Waals surface area contributed by atoms with Crippen molar-refractivity contribution in [2.75, 3.05) is 13.7 Å². The second-order valence-corrected chi connectivity index (χ2v) is 14.2. The van der Waals surface area contributed by atoms with Gasteiger partial charge in [-0.15, -0.1) is 0 Å². The summed E-state index contributed by atoms with van der Waals surface area (Å²) < 4.78 is 24.1. The molecule has 1 aromatic heterocycles. The van der Waals surface area contributed by atoms with Crippen molar-refractivity contribution in [1.82, 2.24) is 4.98 Å². The molecule has 0 aromatic carbocycles. The van der Waals surface area contributed by atoms with Crippen molar-refractivity contribution < 1.29 is 18.9 Å². The number of pyridine rings is 1. The Morgan fingerprint density at radius 2 is 1.53 bits per heavy atom. The topological polar surface area (TPSA) is 49.8 Å². The Labute approximate surface area is 267 Å². The summed E-state index contributed by atoms with van der Waals surface area (Å²) in [5.41, 5.74) is 0.309. The number of methoxy groups -OCH3 is 1. The van der Waals surface area contributed by atoms with Gasteiger partial charge in [-0.3, -0.25) is 0 Å². The van der Waals surface area contributed by atoms with E-state index in [2.05, 4.69) is 93.0 Å². The minimum absolute atomic E-state index is 0.00574. The maximum Gasteiger partial charge on any atom is 0.138 e. The van der Waals surface area contributed by atoms with Crippen LogP contribution >= 0.6 is 0 Å². The molecular formula is C38H69NO4. The first kappa shape index (κ1) is 41.4. The molecule has 0 saturated heterocycles. The van der Waals surface area contributed by atoms with Crippen LogP contribution in [0.4, 0.5) is 0 Å².